The number of aromatic nitrogens is 3. The van der Waals surface area contributed by atoms with Crippen molar-refractivity contribution in [2.24, 2.45) is 0 Å². The highest BCUT2D eigenvalue weighted by molar-refractivity contribution is 9.10. The number of amides is 1. The molecule has 11 heteroatoms. The Bertz CT molecular complexity index is 976. The minimum Gasteiger partial charge on any atom is -0.484 e. The molecule has 142 valence electrons. The number of halogens is 5. The normalized spacial score (nSPS) is 11.6. The van der Waals surface area contributed by atoms with E-state index in [1.54, 1.807) is 24.3 Å². The van der Waals surface area contributed by atoms with Crippen molar-refractivity contribution in [3.63, 3.8) is 0 Å². The first-order valence-electron chi connectivity index (χ1n) is 7.49. The molecular formula is C16H11BrClF3N4O2. The zero-order chi connectivity index (χ0) is 19.6. The molecule has 0 unspecified atom stereocenters. The number of pyridine rings is 1. The van der Waals surface area contributed by atoms with Crippen molar-refractivity contribution in [2.75, 3.05) is 6.61 Å². The van der Waals surface area contributed by atoms with E-state index in [-0.39, 0.29) is 29.6 Å². The Balaban J connectivity index is 1.66. The Hall–Kier alpha value is -2.33. The highest BCUT2D eigenvalue weighted by Crippen LogP contribution is 2.32. The van der Waals surface area contributed by atoms with Crippen LogP contribution in [0.3, 0.4) is 0 Å². The van der Waals surface area contributed by atoms with Crippen LogP contribution < -0.4 is 10.1 Å². The Kier molecular flexibility index (Phi) is 5.56. The summed E-state index contributed by atoms with van der Waals surface area (Å²) in [5, 5.41) is 9.86. The number of hydrogen-bond acceptors (Lipinski definition) is 4. The third-order valence-electron chi connectivity index (χ3n) is 3.49. The molecule has 3 rings (SSSR count). The van der Waals surface area contributed by atoms with E-state index in [1.165, 1.54) is 0 Å². The van der Waals surface area contributed by atoms with Gasteiger partial charge in [0.15, 0.2) is 18.1 Å². The van der Waals surface area contributed by atoms with Gasteiger partial charge >= 0.3 is 6.18 Å². The van der Waals surface area contributed by atoms with Crippen LogP contribution in [-0.2, 0) is 17.5 Å². The molecule has 0 atom stereocenters. The Morgan fingerprint density at radius 1 is 1.26 bits per heavy atom. The molecule has 3 aromatic rings. The van der Waals surface area contributed by atoms with Gasteiger partial charge in [-0.05, 0) is 30.3 Å². The second-order valence-electron chi connectivity index (χ2n) is 5.40. The summed E-state index contributed by atoms with van der Waals surface area (Å²) < 4.78 is 46.1. The second kappa shape index (κ2) is 7.73. The van der Waals surface area contributed by atoms with Gasteiger partial charge in [0.05, 0.1) is 17.1 Å². The number of rotatable bonds is 5. The number of fused-ring (bicyclic) bond motifs is 1. The molecule has 0 spiro atoms. The van der Waals surface area contributed by atoms with Crippen LogP contribution in [0, 0.1) is 0 Å². The largest absolute Gasteiger partial charge is 0.484 e. The van der Waals surface area contributed by atoms with E-state index in [2.05, 4.69) is 31.4 Å². The highest BCUT2D eigenvalue weighted by atomic mass is 79.9. The predicted octanol–water partition coefficient (Wildman–Crippen LogP) is 3.86. The first-order valence-corrected chi connectivity index (χ1v) is 8.66. The van der Waals surface area contributed by atoms with E-state index in [9.17, 15) is 18.0 Å². The maximum atomic E-state index is 12.9. The Labute approximate surface area is 164 Å². The number of hydrogen-bond donors (Lipinski definition) is 1. The van der Waals surface area contributed by atoms with Crippen LogP contribution >= 0.6 is 27.5 Å². The van der Waals surface area contributed by atoms with Crippen molar-refractivity contribution in [2.45, 2.75) is 12.7 Å². The molecule has 2 aromatic heterocycles. The molecule has 0 bridgehead atoms. The van der Waals surface area contributed by atoms with Crippen LogP contribution in [0.1, 0.15) is 11.4 Å². The third kappa shape index (κ3) is 4.69. The molecule has 27 heavy (non-hydrogen) atoms. The quantitative estimate of drug-likeness (QED) is 0.624. The first-order chi connectivity index (χ1) is 12.7. The van der Waals surface area contributed by atoms with Crippen molar-refractivity contribution in [3.05, 3.63) is 57.4 Å². The van der Waals surface area contributed by atoms with E-state index >= 15 is 0 Å². The van der Waals surface area contributed by atoms with Crippen LogP contribution in [-0.4, -0.2) is 27.1 Å². The van der Waals surface area contributed by atoms with E-state index < -0.39 is 17.6 Å². The van der Waals surface area contributed by atoms with Gasteiger partial charge in [0.1, 0.15) is 5.75 Å². The fourth-order valence-electron chi connectivity index (χ4n) is 2.18. The van der Waals surface area contributed by atoms with Gasteiger partial charge in [0.2, 0.25) is 0 Å². The van der Waals surface area contributed by atoms with Crippen LogP contribution in [0.2, 0.25) is 5.02 Å². The molecular weight excluding hydrogens is 453 g/mol. The summed E-state index contributed by atoms with van der Waals surface area (Å²) in [5.41, 5.74) is -0.869. The fourth-order valence-corrected chi connectivity index (χ4v) is 2.69. The van der Waals surface area contributed by atoms with Crippen molar-refractivity contribution in [3.8, 4) is 5.75 Å². The smallest absolute Gasteiger partial charge is 0.417 e. The van der Waals surface area contributed by atoms with Crippen LogP contribution in [0.15, 0.2) is 41.0 Å². The number of nitrogens with zero attached hydrogens (tertiary/aromatic N) is 3. The van der Waals surface area contributed by atoms with Gasteiger partial charge in [-0.25, -0.2) is 0 Å². The van der Waals surface area contributed by atoms with Crippen LogP contribution in [0.5, 0.6) is 5.75 Å². The summed E-state index contributed by atoms with van der Waals surface area (Å²) >= 11 is 9.12. The van der Waals surface area contributed by atoms with Gasteiger partial charge in [0.25, 0.3) is 5.91 Å². The molecule has 2 heterocycles. The van der Waals surface area contributed by atoms with Crippen molar-refractivity contribution >= 4 is 39.1 Å². The molecule has 0 aliphatic rings. The number of benzene rings is 1. The fraction of sp³-hybridized carbons (Fsp3) is 0.188. The Morgan fingerprint density at radius 2 is 1.96 bits per heavy atom. The summed E-state index contributed by atoms with van der Waals surface area (Å²) in [7, 11) is 0. The standard InChI is InChI=1S/C16H11BrClF3N4O2/c17-10-1-3-11(4-2-10)27-8-14(26)22-6-13-23-24-15-12(18)5-9(7-25(13)15)16(19,20)21/h1-5,7H,6,8H2,(H,22,26). The molecule has 1 amide bonds. The summed E-state index contributed by atoms with van der Waals surface area (Å²) in [6.45, 7) is -0.395. The minimum atomic E-state index is -4.57. The predicted molar refractivity (Wildman–Crippen MR) is 94.5 cm³/mol. The lowest BCUT2D eigenvalue weighted by atomic mass is 10.3. The summed E-state index contributed by atoms with van der Waals surface area (Å²) in [5.74, 6) is 0.144. The number of carbonyl (C=O) groups excluding carboxylic acids is 1. The summed E-state index contributed by atoms with van der Waals surface area (Å²) in [6, 6.07) is 7.67. The van der Waals surface area contributed by atoms with Gasteiger partial charge in [-0.15, -0.1) is 10.2 Å². The molecule has 1 aromatic carbocycles. The van der Waals surface area contributed by atoms with Gasteiger partial charge in [-0.1, -0.05) is 27.5 Å². The monoisotopic (exact) mass is 462 g/mol. The first kappa shape index (κ1) is 19.4. The zero-order valence-electron chi connectivity index (χ0n) is 13.4. The van der Waals surface area contributed by atoms with E-state index in [0.717, 1.165) is 21.1 Å². The van der Waals surface area contributed by atoms with Gasteiger partial charge < -0.3 is 10.1 Å². The molecule has 0 fully saturated rings. The SMILES string of the molecule is O=C(COc1ccc(Br)cc1)NCc1nnc2c(Cl)cc(C(F)(F)F)cn12. The maximum absolute atomic E-state index is 12.9. The van der Waals surface area contributed by atoms with Crippen LogP contribution in [0.4, 0.5) is 13.2 Å². The molecule has 1 N–H and O–H groups in total. The van der Waals surface area contributed by atoms with E-state index in [1.807, 2.05) is 0 Å². The van der Waals surface area contributed by atoms with Crippen molar-refractivity contribution in [1.29, 1.82) is 0 Å². The number of carbonyl (C=O) groups is 1. The van der Waals surface area contributed by atoms with Gasteiger partial charge in [-0.2, -0.15) is 13.2 Å². The van der Waals surface area contributed by atoms with Gasteiger partial charge in [-0.3, -0.25) is 9.20 Å². The van der Waals surface area contributed by atoms with Crippen LogP contribution in [0.25, 0.3) is 5.65 Å². The molecule has 0 saturated heterocycles. The lowest BCUT2D eigenvalue weighted by Gasteiger charge is -2.09. The molecule has 0 radical (unpaired) electrons. The van der Waals surface area contributed by atoms with Crippen molar-refractivity contribution in [1.82, 2.24) is 19.9 Å². The second-order valence-corrected chi connectivity index (χ2v) is 6.73. The van der Waals surface area contributed by atoms with E-state index in [4.69, 9.17) is 16.3 Å². The lowest BCUT2D eigenvalue weighted by Crippen LogP contribution is -2.29. The van der Waals surface area contributed by atoms with Crippen molar-refractivity contribution < 1.29 is 22.7 Å². The van der Waals surface area contributed by atoms with E-state index in [0.29, 0.717) is 5.75 Å². The molecule has 0 aliphatic carbocycles. The minimum absolute atomic E-state index is 0.0695. The highest BCUT2D eigenvalue weighted by Gasteiger charge is 2.32. The Morgan fingerprint density at radius 3 is 2.63 bits per heavy atom. The summed E-state index contributed by atoms with van der Waals surface area (Å²) in [6.07, 6.45) is -3.73. The maximum Gasteiger partial charge on any atom is 0.417 e. The molecule has 6 nitrogen and oxygen atoms in total. The molecule has 0 saturated carbocycles. The average Bonchev–Trinajstić information content (AvgIpc) is 3.02. The average molecular weight is 464 g/mol. The number of nitrogens with one attached hydrogen (secondary N) is 1. The summed E-state index contributed by atoms with van der Waals surface area (Å²) in [4.78, 5) is 11.9. The topological polar surface area (TPSA) is 68.5 Å². The number of alkyl halides is 3. The van der Waals surface area contributed by atoms with Gasteiger partial charge in [0, 0.05) is 10.7 Å². The third-order valence-corrected chi connectivity index (χ3v) is 4.29. The lowest BCUT2D eigenvalue weighted by molar-refractivity contribution is -0.137. The number of ether oxygens (including phenoxy) is 1. The zero-order valence-corrected chi connectivity index (χ0v) is 15.8. The molecule has 0 aliphatic heterocycles.